The van der Waals surface area contributed by atoms with E-state index in [2.05, 4.69) is 45.9 Å². The zero-order valence-electron chi connectivity index (χ0n) is 13.1. The normalized spacial score (nSPS) is 12.4. The molecule has 0 bridgehead atoms. The highest BCUT2D eigenvalue weighted by Gasteiger charge is 2.18. The van der Waals surface area contributed by atoms with Gasteiger partial charge in [-0.3, -0.25) is 0 Å². The molecule has 1 rings (SSSR count). The van der Waals surface area contributed by atoms with E-state index < -0.39 is 0 Å². The van der Waals surface area contributed by atoms with Crippen LogP contribution in [0.5, 0.6) is 0 Å². The Balaban J connectivity index is 3.11. The number of anilines is 3. The van der Waals surface area contributed by atoms with Crippen molar-refractivity contribution >= 4 is 17.8 Å². The molecule has 1 aromatic rings. The molecule has 0 amide bonds. The van der Waals surface area contributed by atoms with E-state index in [1.807, 2.05) is 33.0 Å². The highest BCUT2D eigenvalue weighted by atomic mass is 15.3. The molecule has 0 fully saturated rings. The molecule has 1 heterocycles. The third kappa shape index (κ3) is 3.94. The molecule has 1 unspecified atom stereocenters. The summed E-state index contributed by atoms with van der Waals surface area (Å²) in [5, 5.41) is 3.15. The lowest BCUT2D eigenvalue weighted by Crippen LogP contribution is -2.35. The molecule has 108 valence electrons. The van der Waals surface area contributed by atoms with E-state index in [-0.39, 0.29) is 0 Å². The summed E-state index contributed by atoms with van der Waals surface area (Å²) in [5.74, 6) is 2.53. The summed E-state index contributed by atoms with van der Waals surface area (Å²) in [5.41, 5.74) is 0. The minimum atomic E-state index is 0.367. The van der Waals surface area contributed by atoms with Gasteiger partial charge in [0.05, 0.1) is 0 Å². The van der Waals surface area contributed by atoms with Crippen LogP contribution in [0.3, 0.4) is 0 Å². The lowest BCUT2D eigenvalue weighted by molar-refractivity contribution is 0.499. The number of nitrogens with one attached hydrogen (secondary N) is 1. The Bertz CT molecular complexity index is 404. The average Bonchev–Trinajstić information content (AvgIpc) is 2.36. The lowest BCUT2D eigenvalue weighted by atomic mass is 10.1. The Morgan fingerprint density at radius 2 is 1.58 bits per heavy atom. The van der Waals surface area contributed by atoms with Crippen LogP contribution in [0, 0.1) is 5.92 Å². The molecule has 0 aliphatic carbocycles. The second kappa shape index (κ2) is 6.54. The van der Waals surface area contributed by atoms with Gasteiger partial charge in [-0.25, -0.2) is 0 Å². The van der Waals surface area contributed by atoms with Gasteiger partial charge in [0.15, 0.2) is 0 Å². The van der Waals surface area contributed by atoms with E-state index in [9.17, 15) is 0 Å². The molecule has 0 spiro atoms. The van der Waals surface area contributed by atoms with Crippen LogP contribution in [-0.2, 0) is 0 Å². The monoisotopic (exact) mass is 266 g/mol. The summed E-state index contributed by atoms with van der Waals surface area (Å²) in [6.45, 7) is 9.39. The van der Waals surface area contributed by atoms with Gasteiger partial charge in [0.25, 0.3) is 0 Å². The van der Waals surface area contributed by atoms with Crippen molar-refractivity contribution in [3.05, 3.63) is 0 Å². The van der Waals surface area contributed by atoms with E-state index in [1.165, 1.54) is 0 Å². The van der Waals surface area contributed by atoms with Crippen molar-refractivity contribution in [2.45, 2.75) is 33.7 Å². The van der Waals surface area contributed by atoms with Crippen LogP contribution in [-0.4, -0.2) is 48.7 Å². The molecule has 1 aromatic heterocycles. The number of rotatable bonds is 6. The average molecular weight is 266 g/mol. The Morgan fingerprint density at radius 3 is 2.05 bits per heavy atom. The molecule has 0 aliphatic heterocycles. The smallest absolute Gasteiger partial charge is 0.231 e. The van der Waals surface area contributed by atoms with Gasteiger partial charge >= 0.3 is 0 Å². The van der Waals surface area contributed by atoms with Crippen molar-refractivity contribution in [3.8, 4) is 0 Å². The van der Waals surface area contributed by atoms with Crippen LogP contribution >= 0.6 is 0 Å². The fourth-order valence-corrected chi connectivity index (χ4v) is 1.58. The first-order valence-corrected chi connectivity index (χ1v) is 6.76. The van der Waals surface area contributed by atoms with E-state index >= 15 is 0 Å². The first-order valence-electron chi connectivity index (χ1n) is 6.76. The van der Waals surface area contributed by atoms with Gasteiger partial charge in [0.2, 0.25) is 17.8 Å². The number of hydrogen-bond acceptors (Lipinski definition) is 6. The van der Waals surface area contributed by atoms with Crippen LogP contribution in [0.15, 0.2) is 0 Å². The lowest BCUT2D eigenvalue weighted by Gasteiger charge is -2.28. The molecule has 1 atom stereocenters. The van der Waals surface area contributed by atoms with Crippen molar-refractivity contribution in [3.63, 3.8) is 0 Å². The van der Waals surface area contributed by atoms with Gasteiger partial charge in [0.1, 0.15) is 0 Å². The number of hydrogen-bond donors (Lipinski definition) is 1. The minimum Gasteiger partial charge on any atom is -0.354 e. The van der Waals surface area contributed by atoms with E-state index in [4.69, 9.17) is 0 Å². The van der Waals surface area contributed by atoms with Gasteiger partial charge in [0, 0.05) is 33.7 Å². The predicted molar refractivity (Wildman–Crippen MR) is 81.0 cm³/mol. The van der Waals surface area contributed by atoms with Gasteiger partial charge in [-0.2, -0.15) is 15.0 Å². The van der Waals surface area contributed by atoms with E-state index in [0.29, 0.717) is 29.8 Å². The summed E-state index contributed by atoms with van der Waals surface area (Å²) >= 11 is 0. The highest BCUT2D eigenvalue weighted by molar-refractivity contribution is 5.44. The van der Waals surface area contributed by atoms with Crippen molar-refractivity contribution in [1.82, 2.24) is 15.0 Å². The fraction of sp³-hybridized carbons (Fsp3) is 0.769. The SMILES string of the molecule is CCNc1nc(N(C)C)nc(N(C)C(C)C(C)C)n1. The van der Waals surface area contributed by atoms with Crippen molar-refractivity contribution < 1.29 is 0 Å². The quantitative estimate of drug-likeness (QED) is 0.848. The summed E-state index contributed by atoms with van der Waals surface area (Å²) < 4.78 is 0. The Labute approximate surface area is 116 Å². The van der Waals surface area contributed by atoms with E-state index in [0.717, 1.165) is 6.54 Å². The van der Waals surface area contributed by atoms with Crippen molar-refractivity contribution in [2.75, 3.05) is 42.8 Å². The van der Waals surface area contributed by atoms with Crippen molar-refractivity contribution in [2.24, 2.45) is 5.92 Å². The van der Waals surface area contributed by atoms with Crippen LogP contribution in [0.2, 0.25) is 0 Å². The largest absolute Gasteiger partial charge is 0.354 e. The summed E-state index contributed by atoms with van der Waals surface area (Å²) in [6, 6.07) is 0.367. The number of nitrogens with zero attached hydrogens (tertiary/aromatic N) is 5. The molecule has 0 radical (unpaired) electrons. The molecular weight excluding hydrogens is 240 g/mol. The maximum Gasteiger partial charge on any atom is 0.231 e. The highest BCUT2D eigenvalue weighted by Crippen LogP contribution is 2.18. The zero-order valence-corrected chi connectivity index (χ0v) is 13.1. The standard InChI is InChI=1S/C13H26N6/c1-8-14-11-15-12(18(5)6)17-13(16-11)19(7)10(4)9(2)3/h9-10H,8H2,1-7H3,(H,14,15,16,17). The maximum atomic E-state index is 4.51. The third-order valence-corrected chi connectivity index (χ3v) is 3.24. The molecule has 19 heavy (non-hydrogen) atoms. The van der Waals surface area contributed by atoms with E-state index in [1.54, 1.807) is 0 Å². The third-order valence-electron chi connectivity index (χ3n) is 3.24. The van der Waals surface area contributed by atoms with Gasteiger partial charge in [-0.15, -0.1) is 0 Å². The zero-order chi connectivity index (χ0) is 14.6. The molecular formula is C13H26N6. The van der Waals surface area contributed by atoms with Gasteiger partial charge in [-0.05, 0) is 19.8 Å². The predicted octanol–water partition coefficient (Wildman–Crippen LogP) is 1.85. The summed E-state index contributed by atoms with van der Waals surface area (Å²) in [7, 11) is 5.89. The first-order chi connectivity index (χ1) is 8.86. The van der Waals surface area contributed by atoms with Crippen LogP contribution in [0.4, 0.5) is 17.8 Å². The molecule has 0 saturated heterocycles. The maximum absolute atomic E-state index is 4.51. The summed E-state index contributed by atoms with van der Waals surface area (Å²) in [6.07, 6.45) is 0. The molecule has 0 aliphatic rings. The van der Waals surface area contributed by atoms with Crippen LogP contribution in [0.1, 0.15) is 27.7 Å². The first kappa shape index (κ1) is 15.5. The number of aromatic nitrogens is 3. The van der Waals surface area contributed by atoms with Gasteiger partial charge in [-0.1, -0.05) is 13.8 Å². The molecule has 6 nitrogen and oxygen atoms in total. The molecule has 6 heteroatoms. The Morgan fingerprint density at radius 1 is 1.00 bits per heavy atom. The second-order valence-corrected chi connectivity index (χ2v) is 5.28. The molecule has 0 aromatic carbocycles. The fourth-order valence-electron chi connectivity index (χ4n) is 1.58. The topological polar surface area (TPSA) is 57.2 Å². The molecule has 0 saturated carbocycles. The Hall–Kier alpha value is -1.59. The van der Waals surface area contributed by atoms with Gasteiger partial charge < -0.3 is 15.1 Å². The summed E-state index contributed by atoms with van der Waals surface area (Å²) in [4.78, 5) is 17.3. The minimum absolute atomic E-state index is 0.367. The Kier molecular flexibility index (Phi) is 5.32. The van der Waals surface area contributed by atoms with Crippen LogP contribution < -0.4 is 15.1 Å². The van der Waals surface area contributed by atoms with Crippen LogP contribution in [0.25, 0.3) is 0 Å². The molecule has 1 N–H and O–H groups in total. The van der Waals surface area contributed by atoms with Crippen molar-refractivity contribution in [1.29, 1.82) is 0 Å². The second-order valence-electron chi connectivity index (χ2n) is 5.28.